The van der Waals surface area contributed by atoms with Crippen molar-refractivity contribution in [2.75, 3.05) is 11.9 Å². The number of rotatable bonds is 6. The third-order valence-electron chi connectivity index (χ3n) is 3.15. The molecule has 2 rings (SSSR count). The summed E-state index contributed by atoms with van der Waals surface area (Å²) in [4.78, 5) is 23.8. The van der Waals surface area contributed by atoms with E-state index in [9.17, 15) is 9.59 Å². The summed E-state index contributed by atoms with van der Waals surface area (Å²) in [5.74, 6) is -0.361. The molecule has 0 aliphatic carbocycles. The van der Waals surface area contributed by atoms with Gasteiger partial charge in [0, 0.05) is 24.9 Å². The number of hydrogen-bond acceptors (Lipinski definition) is 4. The van der Waals surface area contributed by atoms with Gasteiger partial charge in [-0.2, -0.15) is 5.10 Å². The third-order valence-corrected chi connectivity index (χ3v) is 3.15. The monoisotopic (exact) mass is 301 g/mol. The van der Waals surface area contributed by atoms with Crippen LogP contribution in [0, 0.1) is 0 Å². The average molecular weight is 301 g/mol. The molecule has 0 aliphatic rings. The Balaban J connectivity index is 2.11. The van der Waals surface area contributed by atoms with Crippen molar-refractivity contribution in [1.29, 1.82) is 0 Å². The highest BCUT2D eigenvalue weighted by atomic mass is 16.3. The quantitative estimate of drug-likeness (QED) is 0.845. The largest absolute Gasteiger partial charge is 0.396 e. The minimum Gasteiger partial charge on any atom is -0.396 e. The first-order chi connectivity index (χ1) is 10.6. The van der Waals surface area contributed by atoms with Crippen molar-refractivity contribution in [1.82, 2.24) is 9.78 Å². The number of aliphatic hydroxyl groups is 1. The summed E-state index contributed by atoms with van der Waals surface area (Å²) in [7, 11) is 0. The summed E-state index contributed by atoms with van der Waals surface area (Å²) in [6, 6.07) is 10.00. The van der Waals surface area contributed by atoms with Gasteiger partial charge in [-0.15, -0.1) is 0 Å². The number of anilines is 1. The predicted octanol–water partition coefficient (Wildman–Crippen LogP) is 1.44. The first-order valence-corrected chi connectivity index (χ1v) is 7.23. The van der Waals surface area contributed by atoms with Crippen LogP contribution in [0.5, 0.6) is 0 Å². The van der Waals surface area contributed by atoms with Gasteiger partial charge in [0.05, 0.1) is 0 Å². The molecule has 6 heteroatoms. The Kier molecular flexibility index (Phi) is 5.43. The van der Waals surface area contributed by atoms with Crippen LogP contribution < -0.4 is 10.9 Å². The number of amides is 1. The van der Waals surface area contributed by atoms with Gasteiger partial charge in [-0.25, -0.2) is 4.68 Å². The number of aliphatic hydroxyl groups excluding tert-OH is 1. The highest BCUT2D eigenvalue weighted by Gasteiger charge is 2.09. The number of benzene rings is 1. The lowest BCUT2D eigenvalue weighted by atomic mass is 10.1. The van der Waals surface area contributed by atoms with E-state index in [0.29, 0.717) is 18.7 Å². The number of carbonyl (C=O) groups is 1. The normalized spacial score (nSPS) is 10.5. The minimum absolute atomic E-state index is 0.0919. The molecule has 6 nitrogen and oxygen atoms in total. The Morgan fingerprint density at radius 2 is 1.95 bits per heavy atom. The van der Waals surface area contributed by atoms with E-state index in [1.165, 1.54) is 16.8 Å². The molecule has 0 unspecified atom stereocenters. The summed E-state index contributed by atoms with van der Waals surface area (Å²) in [6.45, 7) is 2.51. The summed E-state index contributed by atoms with van der Waals surface area (Å²) in [6.07, 6.45) is 1.35. The van der Waals surface area contributed by atoms with Gasteiger partial charge in [0.25, 0.3) is 11.5 Å². The molecule has 0 saturated heterocycles. The van der Waals surface area contributed by atoms with Crippen molar-refractivity contribution in [2.45, 2.75) is 26.3 Å². The molecule has 0 saturated carbocycles. The number of aromatic nitrogens is 2. The summed E-state index contributed by atoms with van der Waals surface area (Å²) in [5, 5.41) is 15.7. The number of aryl methyl sites for hydroxylation is 1. The number of nitrogens with one attached hydrogen (secondary N) is 1. The van der Waals surface area contributed by atoms with Gasteiger partial charge >= 0.3 is 0 Å². The lowest BCUT2D eigenvalue weighted by Gasteiger charge is -2.07. The van der Waals surface area contributed by atoms with Gasteiger partial charge in [-0.3, -0.25) is 9.59 Å². The fourth-order valence-corrected chi connectivity index (χ4v) is 2.02. The third kappa shape index (κ3) is 4.02. The molecule has 2 N–H and O–H groups in total. The van der Waals surface area contributed by atoms with Crippen LogP contribution in [0.3, 0.4) is 0 Å². The first kappa shape index (κ1) is 15.9. The zero-order valence-electron chi connectivity index (χ0n) is 12.5. The Bertz CT molecular complexity index is 693. The van der Waals surface area contributed by atoms with Crippen molar-refractivity contribution in [2.24, 2.45) is 0 Å². The smallest absolute Gasteiger partial charge is 0.276 e. The Morgan fingerprint density at radius 3 is 2.59 bits per heavy atom. The van der Waals surface area contributed by atoms with Crippen molar-refractivity contribution in [3.05, 3.63) is 58.0 Å². The van der Waals surface area contributed by atoms with Crippen molar-refractivity contribution in [3.63, 3.8) is 0 Å². The Morgan fingerprint density at radius 1 is 1.23 bits per heavy atom. The van der Waals surface area contributed by atoms with E-state index in [-0.39, 0.29) is 23.8 Å². The zero-order chi connectivity index (χ0) is 15.9. The maximum atomic E-state index is 12.2. The second-order valence-corrected chi connectivity index (χ2v) is 4.90. The van der Waals surface area contributed by atoms with E-state index in [1.807, 2.05) is 19.1 Å². The standard InChI is InChI=1S/C16H19N3O3/c1-2-10-19-15(21)8-7-14(18-19)16(22)17-13-5-3-12(4-6-13)9-11-20/h3-8,20H,2,9-11H2,1H3,(H,17,22). The van der Waals surface area contributed by atoms with Gasteiger partial charge in [0.1, 0.15) is 5.69 Å². The maximum Gasteiger partial charge on any atom is 0.276 e. The zero-order valence-corrected chi connectivity index (χ0v) is 12.5. The van der Waals surface area contributed by atoms with Crippen molar-refractivity contribution >= 4 is 11.6 Å². The molecule has 1 amide bonds. The molecule has 0 radical (unpaired) electrons. The van der Waals surface area contributed by atoms with Gasteiger partial charge in [-0.05, 0) is 36.6 Å². The number of nitrogens with zero attached hydrogens (tertiary/aromatic N) is 2. The SMILES string of the molecule is CCCn1nc(C(=O)Nc2ccc(CCO)cc2)ccc1=O. The first-order valence-electron chi connectivity index (χ1n) is 7.23. The minimum atomic E-state index is -0.361. The molecule has 1 aromatic heterocycles. The van der Waals surface area contributed by atoms with Crippen LogP contribution in [0.25, 0.3) is 0 Å². The van der Waals surface area contributed by atoms with Crippen molar-refractivity contribution < 1.29 is 9.90 Å². The molecule has 0 aliphatic heterocycles. The van der Waals surface area contributed by atoms with Crippen LogP contribution in [0.4, 0.5) is 5.69 Å². The molecule has 0 fully saturated rings. The van der Waals surface area contributed by atoms with Gasteiger partial charge in [0.15, 0.2) is 0 Å². The molecule has 22 heavy (non-hydrogen) atoms. The topological polar surface area (TPSA) is 84.2 Å². The molecule has 0 atom stereocenters. The van der Waals surface area contributed by atoms with E-state index in [1.54, 1.807) is 12.1 Å². The van der Waals surface area contributed by atoms with Crippen LogP contribution in [-0.2, 0) is 13.0 Å². The van der Waals surface area contributed by atoms with Gasteiger partial charge in [-0.1, -0.05) is 19.1 Å². The lowest BCUT2D eigenvalue weighted by Crippen LogP contribution is -2.26. The fraction of sp³-hybridized carbons (Fsp3) is 0.312. The molecule has 1 aromatic carbocycles. The number of carbonyl (C=O) groups excluding carboxylic acids is 1. The van der Waals surface area contributed by atoms with Crippen LogP contribution in [0.1, 0.15) is 29.4 Å². The Labute approximate surface area is 128 Å². The molecule has 2 aromatic rings. The van der Waals surface area contributed by atoms with Crippen LogP contribution >= 0.6 is 0 Å². The van der Waals surface area contributed by atoms with Crippen LogP contribution in [0.15, 0.2) is 41.2 Å². The van der Waals surface area contributed by atoms with E-state index >= 15 is 0 Å². The fourth-order valence-electron chi connectivity index (χ4n) is 2.02. The lowest BCUT2D eigenvalue weighted by molar-refractivity contribution is 0.101. The Hall–Kier alpha value is -2.47. The molecular weight excluding hydrogens is 282 g/mol. The number of hydrogen-bond donors (Lipinski definition) is 2. The summed E-state index contributed by atoms with van der Waals surface area (Å²) < 4.78 is 1.29. The van der Waals surface area contributed by atoms with E-state index in [0.717, 1.165) is 12.0 Å². The van der Waals surface area contributed by atoms with E-state index in [4.69, 9.17) is 5.11 Å². The highest BCUT2D eigenvalue weighted by Crippen LogP contribution is 2.11. The van der Waals surface area contributed by atoms with Gasteiger partial charge < -0.3 is 10.4 Å². The molecule has 0 bridgehead atoms. The second kappa shape index (κ2) is 7.51. The van der Waals surface area contributed by atoms with Crippen molar-refractivity contribution in [3.8, 4) is 0 Å². The molecule has 1 heterocycles. The van der Waals surface area contributed by atoms with Crippen LogP contribution in [0.2, 0.25) is 0 Å². The molecule has 0 spiro atoms. The van der Waals surface area contributed by atoms with E-state index in [2.05, 4.69) is 10.4 Å². The van der Waals surface area contributed by atoms with Gasteiger partial charge in [0.2, 0.25) is 0 Å². The maximum absolute atomic E-state index is 12.2. The summed E-state index contributed by atoms with van der Waals surface area (Å²) in [5.41, 5.74) is 1.62. The average Bonchev–Trinajstić information content (AvgIpc) is 2.52. The molecular formula is C16H19N3O3. The predicted molar refractivity (Wildman–Crippen MR) is 84.0 cm³/mol. The summed E-state index contributed by atoms with van der Waals surface area (Å²) >= 11 is 0. The molecule has 116 valence electrons. The van der Waals surface area contributed by atoms with E-state index < -0.39 is 0 Å². The second-order valence-electron chi connectivity index (χ2n) is 4.90. The van der Waals surface area contributed by atoms with Crippen LogP contribution in [-0.4, -0.2) is 27.4 Å². The highest BCUT2D eigenvalue weighted by molar-refractivity contribution is 6.02.